The molecular formula is C13H14As2N2NaO4S. The number of nitrogens with two attached hydrogens (primary N) is 1. The smallest absolute Gasteiger partial charge is 0 e. The van der Waals surface area contributed by atoms with Crippen LogP contribution in [-0.4, -0.2) is 80.7 Å². The van der Waals surface area contributed by atoms with Crippen molar-refractivity contribution in [3.63, 3.8) is 0 Å². The molecule has 2 aromatic rings. The van der Waals surface area contributed by atoms with Crippen LogP contribution in [0.15, 0.2) is 36.4 Å². The van der Waals surface area contributed by atoms with Crippen LogP contribution >= 0.6 is 0 Å². The molecule has 0 amide bonds. The molecular weight excluding hydrogens is 453 g/mol. The largest absolute Gasteiger partial charge is 0 e. The number of hydrogen-bond donors (Lipinski definition) is 5. The summed E-state index contributed by atoms with van der Waals surface area (Å²) >= 11 is -2.16. The minimum Gasteiger partial charge on any atom is 0 e. The number of aromatic hydroxyl groups is 2. The first kappa shape index (κ1) is 20.9. The van der Waals surface area contributed by atoms with Crippen LogP contribution in [-0.2, 0) is 11.1 Å². The van der Waals surface area contributed by atoms with Gasteiger partial charge < -0.3 is 0 Å². The normalized spacial score (nSPS) is 11.9. The van der Waals surface area contributed by atoms with Crippen molar-refractivity contribution >= 4 is 87.0 Å². The van der Waals surface area contributed by atoms with Crippen molar-refractivity contribution in [1.29, 1.82) is 0 Å². The molecule has 6 N–H and O–H groups in total. The van der Waals surface area contributed by atoms with E-state index in [1.807, 2.05) is 18.2 Å². The maximum atomic E-state index is 10.7. The second-order valence-electron chi connectivity index (χ2n) is 4.29. The fraction of sp³-hybridized carbons (Fsp3) is 0.0769. The molecule has 10 heteroatoms. The molecule has 2 aromatic carbocycles. The Morgan fingerprint density at radius 3 is 2.17 bits per heavy atom. The zero-order chi connectivity index (χ0) is 16.1. The minimum absolute atomic E-state index is 0. The van der Waals surface area contributed by atoms with E-state index < -0.39 is 11.1 Å². The summed E-state index contributed by atoms with van der Waals surface area (Å²) in [6.07, 6.45) is 0. The molecule has 0 saturated heterocycles. The molecule has 23 heavy (non-hydrogen) atoms. The molecule has 0 saturated carbocycles. The standard InChI is InChI=1S/C13H14As2N2O4S.Na/c16-10-5-8(1-3-12(10)18)14-15-9-2-4-13(19)11(6-9)17-7-22(20)21;/h1-6,17-19H,7,16H2,(H,20,21);. The summed E-state index contributed by atoms with van der Waals surface area (Å²) < 4.78 is 21.7. The first-order chi connectivity index (χ1) is 10.5. The van der Waals surface area contributed by atoms with Gasteiger partial charge in [0.15, 0.2) is 0 Å². The van der Waals surface area contributed by atoms with Crippen molar-refractivity contribution in [2.75, 3.05) is 16.9 Å². The summed E-state index contributed by atoms with van der Waals surface area (Å²) in [6.45, 7) is 0. The number of benzene rings is 2. The van der Waals surface area contributed by atoms with Crippen LogP contribution in [0, 0.1) is 0 Å². The third-order valence-electron chi connectivity index (χ3n) is 2.66. The molecule has 0 spiro atoms. The van der Waals surface area contributed by atoms with Crippen LogP contribution in [0.4, 0.5) is 11.4 Å². The molecule has 0 aliphatic heterocycles. The molecule has 0 aliphatic carbocycles. The second kappa shape index (κ2) is 9.99. The van der Waals surface area contributed by atoms with Gasteiger partial charge in [-0.1, -0.05) is 0 Å². The van der Waals surface area contributed by atoms with Crippen LogP contribution in [0.25, 0.3) is 0 Å². The number of nitrogens with one attached hydrogen (secondary N) is 1. The maximum Gasteiger partial charge on any atom is 0 e. The van der Waals surface area contributed by atoms with Gasteiger partial charge in [-0.2, -0.15) is 0 Å². The monoisotopic (exact) mass is 467 g/mol. The van der Waals surface area contributed by atoms with E-state index in [-0.39, 0.29) is 73.2 Å². The zero-order valence-corrected chi connectivity index (χ0v) is 18.9. The Morgan fingerprint density at radius 2 is 1.61 bits per heavy atom. The molecule has 6 nitrogen and oxygen atoms in total. The summed E-state index contributed by atoms with van der Waals surface area (Å²) in [5.74, 6) is 0.0188. The molecule has 117 valence electrons. The molecule has 2 rings (SSSR count). The maximum absolute atomic E-state index is 10.7. The number of phenols is 2. The van der Waals surface area contributed by atoms with Gasteiger partial charge in [0.05, 0.1) is 0 Å². The van der Waals surface area contributed by atoms with Gasteiger partial charge in [-0.3, -0.25) is 0 Å². The van der Waals surface area contributed by atoms with Gasteiger partial charge in [0, 0.05) is 29.6 Å². The Labute approximate surface area is 169 Å². The van der Waals surface area contributed by atoms with Crippen molar-refractivity contribution in [2.24, 2.45) is 0 Å². The Balaban J connectivity index is 0.00000264. The van der Waals surface area contributed by atoms with E-state index in [4.69, 9.17) is 10.3 Å². The van der Waals surface area contributed by atoms with Crippen molar-refractivity contribution in [3.05, 3.63) is 36.4 Å². The van der Waals surface area contributed by atoms with Gasteiger partial charge in [-0.05, 0) is 0 Å². The van der Waals surface area contributed by atoms with Gasteiger partial charge in [0.2, 0.25) is 0 Å². The van der Waals surface area contributed by atoms with E-state index in [0.29, 0.717) is 11.4 Å². The van der Waals surface area contributed by atoms with Gasteiger partial charge in [0.1, 0.15) is 0 Å². The first-order valence-electron chi connectivity index (χ1n) is 6.10. The van der Waals surface area contributed by atoms with E-state index >= 15 is 0 Å². The number of rotatable bonds is 5. The Bertz CT molecular complexity index is 746. The van der Waals surface area contributed by atoms with Crippen LogP contribution in [0.2, 0.25) is 0 Å². The number of phenolic OH excluding ortho intramolecular Hbond substituents is 2. The molecule has 0 aromatic heterocycles. The zero-order valence-electron chi connectivity index (χ0n) is 12.3. The Morgan fingerprint density at radius 1 is 1.04 bits per heavy atom. The van der Waals surface area contributed by atoms with E-state index in [9.17, 15) is 14.4 Å². The van der Waals surface area contributed by atoms with Gasteiger partial charge in [-0.15, -0.1) is 0 Å². The minimum atomic E-state index is -1.97. The van der Waals surface area contributed by atoms with Crippen molar-refractivity contribution < 1.29 is 19.0 Å². The molecule has 1 atom stereocenters. The van der Waals surface area contributed by atoms with Crippen LogP contribution in [0.3, 0.4) is 0 Å². The van der Waals surface area contributed by atoms with E-state index in [1.165, 1.54) is 0 Å². The van der Waals surface area contributed by atoms with Gasteiger partial charge >= 0.3 is 141 Å². The van der Waals surface area contributed by atoms with Crippen molar-refractivity contribution in [2.45, 2.75) is 0 Å². The quantitative estimate of drug-likeness (QED) is 0.170. The van der Waals surface area contributed by atoms with Gasteiger partial charge in [-0.25, -0.2) is 0 Å². The molecule has 0 fully saturated rings. The fourth-order valence-corrected chi connectivity index (χ4v) is 8.98. The summed E-state index contributed by atoms with van der Waals surface area (Å²) in [4.78, 5) is 0. The summed E-state index contributed by atoms with van der Waals surface area (Å²) in [6, 6.07) is 10.5. The predicted octanol–water partition coefficient (Wildman–Crippen LogP) is -0.835. The Kier molecular flexibility index (Phi) is 9.09. The van der Waals surface area contributed by atoms with Crippen molar-refractivity contribution in [1.82, 2.24) is 0 Å². The fourth-order valence-electron chi connectivity index (χ4n) is 1.59. The number of anilines is 2. The molecule has 0 bridgehead atoms. The molecule has 1 unspecified atom stereocenters. The third-order valence-corrected chi connectivity index (χ3v) is 11.5. The average Bonchev–Trinajstić information content (AvgIpc) is 2.48. The second-order valence-corrected chi connectivity index (χ2v) is 12.6. The van der Waals surface area contributed by atoms with Gasteiger partial charge in [0.25, 0.3) is 0 Å². The summed E-state index contributed by atoms with van der Waals surface area (Å²) in [7, 11) is 0. The van der Waals surface area contributed by atoms with Crippen molar-refractivity contribution in [3.8, 4) is 11.5 Å². The predicted molar refractivity (Wildman–Crippen MR) is 96.4 cm³/mol. The SMILES string of the molecule is Nc1cc([As]=[As]c2ccc(O)c(NCS(=O)O)c2)ccc1O.[Na]. The van der Waals surface area contributed by atoms with Crippen LogP contribution < -0.4 is 19.8 Å². The van der Waals surface area contributed by atoms with E-state index in [0.717, 1.165) is 8.70 Å². The summed E-state index contributed by atoms with van der Waals surface area (Å²) in [5.41, 5.74) is 6.52. The average molecular weight is 467 g/mol. The van der Waals surface area contributed by atoms with Crippen LogP contribution in [0.1, 0.15) is 0 Å². The summed E-state index contributed by atoms with van der Waals surface area (Å²) in [5, 5.41) is 21.9. The molecule has 0 heterocycles. The third kappa shape index (κ3) is 6.71. The first-order valence-corrected chi connectivity index (χ1v) is 14.5. The Hall–Kier alpha value is -0.133. The number of hydrogen-bond acceptors (Lipinski definition) is 5. The van der Waals surface area contributed by atoms with E-state index in [2.05, 4.69) is 5.32 Å². The number of nitrogen functional groups attached to an aromatic ring is 1. The topological polar surface area (TPSA) is 116 Å². The molecule has 0 aliphatic rings. The van der Waals surface area contributed by atoms with Crippen LogP contribution in [0.5, 0.6) is 11.5 Å². The molecule has 1 radical (unpaired) electrons. The van der Waals surface area contributed by atoms with E-state index in [1.54, 1.807) is 18.2 Å².